The molecule has 2 aliphatic heterocycles. The minimum absolute atomic E-state index is 0.0150. The van der Waals surface area contributed by atoms with Crippen LogP contribution >= 0.6 is 46.7 Å². The average molecular weight is 741 g/mol. The molecule has 2 aliphatic rings. The van der Waals surface area contributed by atoms with Gasteiger partial charge in [0.2, 0.25) is 16.4 Å². The van der Waals surface area contributed by atoms with Gasteiger partial charge in [0.25, 0.3) is 5.91 Å². The Labute approximate surface area is 306 Å². The number of amides is 2. The molecule has 1 saturated heterocycles. The highest BCUT2D eigenvalue weighted by Crippen LogP contribution is 2.46. The highest BCUT2D eigenvalue weighted by atomic mass is 32.2. The number of methoxy groups -OCH3 is 1. The fourth-order valence-corrected chi connectivity index (χ4v) is 10.1. The summed E-state index contributed by atoms with van der Waals surface area (Å²) in [5, 5.41) is 4.57. The molecular formula is C38H32N2O6S4. The molecule has 0 saturated carbocycles. The van der Waals surface area contributed by atoms with Crippen molar-refractivity contribution >= 4 is 78.5 Å². The molecular weight excluding hydrogens is 709 g/mol. The third-order valence-corrected chi connectivity index (χ3v) is 12.3. The lowest BCUT2D eigenvalue weighted by molar-refractivity contribution is -0.145. The van der Waals surface area contributed by atoms with Gasteiger partial charge in [-0.15, -0.1) is 34.4 Å². The van der Waals surface area contributed by atoms with Crippen LogP contribution in [0.15, 0.2) is 113 Å². The molecule has 1 unspecified atom stereocenters. The van der Waals surface area contributed by atoms with E-state index < -0.39 is 17.5 Å². The van der Waals surface area contributed by atoms with E-state index in [1.54, 1.807) is 4.90 Å². The van der Waals surface area contributed by atoms with Crippen LogP contribution in [-0.4, -0.2) is 52.8 Å². The monoisotopic (exact) mass is 740 g/mol. The molecule has 12 heteroatoms. The van der Waals surface area contributed by atoms with E-state index in [4.69, 9.17) is 26.4 Å². The number of thiocarbonyl (C=S) groups is 1. The quantitative estimate of drug-likeness (QED) is 0.0638. The van der Waals surface area contributed by atoms with Gasteiger partial charge >= 0.3 is 0 Å². The lowest BCUT2D eigenvalue weighted by atomic mass is 9.99. The molecule has 1 fully saturated rings. The molecule has 0 bridgehead atoms. The Bertz CT molecular complexity index is 2080. The third kappa shape index (κ3) is 6.91. The number of thioether (sulfide) groups is 1. The summed E-state index contributed by atoms with van der Waals surface area (Å²) in [6.45, 7) is 0.0364. The van der Waals surface area contributed by atoms with Crippen molar-refractivity contribution in [3.05, 3.63) is 145 Å². The minimum atomic E-state index is -0.739. The number of β-lactam (4-membered cyclic amide) rings is 1. The molecule has 50 heavy (non-hydrogen) atoms. The number of carbonyl (C=O) groups is 2. The molecule has 1 N–H and O–H groups in total. The zero-order valence-electron chi connectivity index (χ0n) is 26.9. The Morgan fingerprint density at radius 3 is 2.28 bits per heavy atom. The maximum atomic E-state index is 14.1. The van der Waals surface area contributed by atoms with E-state index in [1.807, 2.05) is 102 Å². The van der Waals surface area contributed by atoms with Crippen molar-refractivity contribution in [3.63, 3.8) is 0 Å². The predicted octanol–water partition coefficient (Wildman–Crippen LogP) is 6.93. The van der Waals surface area contributed by atoms with Gasteiger partial charge in [-0.2, -0.15) is 0 Å². The van der Waals surface area contributed by atoms with Crippen molar-refractivity contribution in [1.29, 1.82) is 0 Å². The average Bonchev–Trinajstić information content (AvgIpc) is 3.63. The molecule has 254 valence electrons. The highest BCUT2D eigenvalue weighted by molar-refractivity contribution is 8.00. The largest absolute Gasteiger partial charge is 0.469 e. The number of hydrogen-bond acceptors (Lipinski definition) is 10. The van der Waals surface area contributed by atoms with Gasteiger partial charge in [0, 0.05) is 33.6 Å². The van der Waals surface area contributed by atoms with Crippen molar-refractivity contribution in [1.82, 2.24) is 10.2 Å². The normalized spacial score (nSPS) is 17.1. The first kappa shape index (κ1) is 34.3. The van der Waals surface area contributed by atoms with E-state index in [0.29, 0.717) is 32.2 Å². The van der Waals surface area contributed by atoms with Gasteiger partial charge < -0.3 is 19.5 Å². The van der Waals surface area contributed by atoms with Crippen LogP contribution < -0.4 is 10.7 Å². The first-order valence-corrected chi connectivity index (χ1v) is 19.0. The molecule has 0 aliphatic carbocycles. The minimum Gasteiger partial charge on any atom is -0.469 e. The number of nitrogens with one attached hydrogen (secondary N) is 1. The predicted molar refractivity (Wildman–Crippen MR) is 203 cm³/mol. The van der Waals surface area contributed by atoms with Gasteiger partial charge in [-0.3, -0.25) is 19.3 Å². The number of thiophene rings is 1. The summed E-state index contributed by atoms with van der Waals surface area (Å²) in [4.78, 5) is 43.4. The lowest BCUT2D eigenvalue weighted by Gasteiger charge is -2.50. The van der Waals surface area contributed by atoms with Gasteiger partial charge in [-0.25, -0.2) is 0 Å². The second kappa shape index (κ2) is 15.4. The fraction of sp³-hybridized carbons (Fsp3) is 0.211. The van der Waals surface area contributed by atoms with Crippen molar-refractivity contribution in [2.24, 2.45) is 0 Å². The number of hydrogen-bond donors (Lipinski definition) is 1. The maximum absolute atomic E-state index is 14.1. The van der Waals surface area contributed by atoms with Crippen LogP contribution in [0.1, 0.15) is 33.2 Å². The van der Waals surface area contributed by atoms with Crippen LogP contribution in [0.3, 0.4) is 0 Å². The van der Waals surface area contributed by atoms with Crippen molar-refractivity contribution < 1.29 is 23.8 Å². The van der Waals surface area contributed by atoms with E-state index in [1.165, 1.54) is 41.5 Å². The van der Waals surface area contributed by atoms with E-state index in [2.05, 4.69) is 5.32 Å². The summed E-state index contributed by atoms with van der Waals surface area (Å²) in [6, 6.07) is 30.2. The number of nitrogens with zero attached hydrogens (tertiary/aromatic N) is 1. The van der Waals surface area contributed by atoms with Crippen molar-refractivity contribution in [2.45, 2.75) is 30.5 Å². The summed E-state index contributed by atoms with van der Waals surface area (Å²) < 4.78 is 19.1. The van der Waals surface area contributed by atoms with Crippen LogP contribution in [0.25, 0.3) is 15.0 Å². The van der Waals surface area contributed by atoms with Crippen LogP contribution in [-0.2, 0) is 36.8 Å². The second-order valence-corrected chi connectivity index (χ2v) is 15.1. The number of fused-ring (bicyclic) bond motifs is 2. The summed E-state index contributed by atoms with van der Waals surface area (Å²) in [5.74, 6) is -0.112. The zero-order valence-corrected chi connectivity index (χ0v) is 30.2. The van der Waals surface area contributed by atoms with E-state index in [0.717, 1.165) is 21.4 Å². The smallest absolute Gasteiger partial charge is 0.253 e. The van der Waals surface area contributed by atoms with E-state index in [-0.39, 0.29) is 42.1 Å². The van der Waals surface area contributed by atoms with Gasteiger partial charge in [-0.05, 0) is 40.4 Å². The van der Waals surface area contributed by atoms with Crippen LogP contribution in [0.4, 0.5) is 0 Å². The summed E-state index contributed by atoms with van der Waals surface area (Å²) in [7, 11) is 1.53. The molecule has 4 heterocycles. The fourth-order valence-electron chi connectivity index (χ4n) is 6.09. The highest BCUT2D eigenvalue weighted by Gasteiger charge is 2.54. The Kier molecular flexibility index (Phi) is 10.5. The maximum Gasteiger partial charge on any atom is 0.253 e. The van der Waals surface area contributed by atoms with Crippen LogP contribution in [0.2, 0.25) is 0 Å². The standard InChI is InChI=1S/C38H32N2O6S4/c1-44-22-45-20-26-32(42)35-28(17-18-48-35)50-34(26)27-21-49-37-30(39-29(41)19-23-11-5-2-6-12-23)36(43)40(37)31(27)38(47)46-33(24-13-7-3-8-14-24)25-15-9-4-10-16-25/h2-18,30,33,37H,19-22H2,1H3,(H,39,41)/t30?,37-/m1/s1. The Morgan fingerprint density at radius 1 is 0.960 bits per heavy atom. The number of benzene rings is 3. The molecule has 8 nitrogen and oxygen atoms in total. The lowest BCUT2D eigenvalue weighted by Crippen LogP contribution is -2.70. The molecule has 2 atom stereocenters. The van der Waals surface area contributed by atoms with Crippen molar-refractivity contribution in [3.8, 4) is 0 Å². The molecule has 5 aromatic rings. The Balaban J connectivity index is 1.30. The van der Waals surface area contributed by atoms with Gasteiger partial charge in [-0.1, -0.05) is 91.0 Å². The summed E-state index contributed by atoms with van der Waals surface area (Å²) in [6.07, 6.45) is -0.403. The first-order valence-electron chi connectivity index (χ1n) is 15.9. The van der Waals surface area contributed by atoms with Crippen molar-refractivity contribution in [2.75, 3.05) is 19.7 Å². The molecule has 0 spiro atoms. The SMILES string of the molecule is COCOCc1c(C2=C(C(=S)OC(c3ccccc3)c3ccccc3)N3C(=O)C(NC(=O)Cc4ccccc4)[C@H]3SC2)sc2ccsc2c1=O. The number of ether oxygens (including phenoxy) is 3. The second-order valence-electron chi connectivity index (χ2n) is 11.7. The van der Waals surface area contributed by atoms with Gasteiger partial charge in [0.05, 0.1) is 17.7 Å². The molecule has 7 rings (SSSR count). The van der Waals surface area contributed by atoms with Crippen LogP contribution in [0.5, 0.6) is 0 Å². The molecule has 2 aromatic heterocycles. The molecule has 2 amide bonds. The number of carbonyl (C=O) groups excluding carboxylic acids is 2. The number of rotatable bonds is 12. The molecule has 0 radical (unpaired) electrons. The zero-order chi connectivity index (χ0) is 34.6. The Morgan fingerprint density at radius 2 is 1.62 bits per heavy atom. The molecule has 3 aromatic carbocycles. The summed E-state index contributed by atoms with van der Waals surface area (Å²) >= 11 is 10.5. The Hall–Kier alpha value is -4.17. The van der Waals surface area contributed by atoms with E-state index >= 15 is 0 Å². The third-order valence-electron chi connectivity index (χ3n) is 8.43. The first-order chi connectivity index (χ1) is 24.4. The van der Waals surface area contributed by atoms with Crippen LogP contribution in [0, 0.1) is 0 Å². The van der Waals surface area contributed by atoms with Gasteiger partial charge in [0.15, 0.2) is 0 Å². The van der Waals surface area contributed by atoms with Gasteiger partial charge in [0.1, 0.15) is 30.0 Å². The summed E-state index contributed by atoms with van der Waals surface area (Å²) in [5.41, 5.74) is 4.13. The van der Waals surface area contributed by atoms with E-state index in [9.17, 15) is 14.4 Å². The topological polar surface area (TPSA) is 94.2 Å².